The van der Waals surface area contributed by atoms with E-state index in [4.69, 9.17) is 0 Å². The van der Waals surface area contributed by atoms with Crippen LogP contribution in [-0.4, -0.2) is 38.2 Å². The number of hydrogen-bond acceptors (Lipinski definition) is 4. The number of hydrogen-bond donors (Lipinski definition) is 2. The van der Waals surface area contributed by atoms with Gasteiger partial charge in [0.1, 0.15) is 0 Å². The minimum Gasteiger partial charge on any atom is -0.339 e. The third-order valence-corrected chi connectivity index (χ3v) is 7.34. The Bertz CT molecular complexity index is 1360. The highest BCUT2D eigenvalue weighted by Gasteiger charge is 2.22. The van der Waals surface area contributed by atoms with Crippen molar-refractivity contribution in [2.24, 2.45) is 0 Å². The van der Waals surface area contributed by atoms with E-state index in [0.29, 0.717) is 35.6 Å². The number of anilines is 2. The molecule has 0 aliphatic heterocycles. The molecule has 0 radical (unpaired) electrons. The van der Waals surface area contributed by atoms with Gasteiger partial charge in [-0.05, 0) is 81.6 Å². The van der Waals surface area contributed by atoms with Crippen molar-refractivity contribution in [2.45, 2.75) is 39.5 Å². The van der Waals surface area contributed by atoms with Crippen molar-refractivity contribution in [2.75, 3.05) is 23.1 Å². The average molecular weight is 494 g/mol. The summed E-state index contributed by atoms with van der Waals surface area (Å²) in [6, 6.07) is 16.8. The molecule has 0 aliphatic carbocycles. The summed E-state index contributed by atoms with van der Waals surface area (Å²) in [6.45, 7) is 10.3. The summed E-state index contributed by atoms with van der Waals surface area (Å²) in [5, 5.41) is 2.77. The second-order valence-electron chi connectivity index (χ2n) is 8.38. The third-order valence-electron chi connectivity index (χ3n) is 5.83. The lowest BCUT2D eigenvalue weighted by Crippen LogP contribution is -2.31. The lowest BCUT2D eigenvalue weighted by molar-refractivity contribution is 0.0774. The van der Waals surface area contributed by atoms with Gasteiger partial charge in [0.2, 0.25) is 0 Å². The fourth-order valence-corrected chi connectivity index (χ4v) is 5.12. The van der Waals surface area contributed by atoms with Crippen LogP contribution in [0, 0.1) is 20.8 Å². The van der Waals surface area contributed by atoms with E-state index < -0.39 is 15.9 Å². The second-order valence-corrected chi connectivity index (χ2v) is 10.0. The number of rotatable bonds is 8. The monoisotopic (exact) mass is 493 g/mol. The molecule has 0 aromatic heterocycles. The van der Waals surface area contributed by atoms with Crippen LogP contribution in [-0.2, 0) is 10.0 Å². The van der Waals surface area contributed by atoms with Gasteiger partial charge in [-0.15, -0.1) is 0 Å². The summed E-state index contributed by atoms with van der Waals surface area (Å²) in [5.74, 6) is -0.691. The van der Waals surface area contributed by atoms with Gasteiger partial charge in [-0.1, -0.05) is 30.3 Å². The van der Waals surface area contributed by atoms with E-state index in [9.17, 15) is 18.0 Å². The number of sulfonamides is 1. The molecule has 0 atom stereocenters. The van der Waals surface area contributed by atoms with E-state index in [-0.39, 0.29) is 16.4 Å². The van der Waals surface area contributed by atoms with E-state index in [2.05, 4.69) is 10.0 Å². The molecule has 0 aliphatic rings. The number of nitrogens with one attached hydrogen (secondary N) is 2. The van der Waals surface area contributed by atoms with Crippen LogP contribution in [0.5, 0.6) is 0 Å². The molecule has 7 nitrogen and oxygen atoms in total. The number of benzene rings is 3. The van der Waals surface area contributed by atoms with Gasteiger partial charge in [0, 0.05) is 18.7 Å². The quantitative estimate of drug-likeness (QED) is 0.454. The minimum absolute atomic E-state index is 0.0126. The zero-order valence-corrected chi connectivity index (χ0v) is 21.5. The minimum atomic E-state index is -3.94. The molecule has 3 aromatic rings. The molecular weight excluding hydrogens is 462 g/mol. The first-order valence-electron chi connectivity index (χ1n) is 11.5. The summed E-state index contributed by atoms with van der Waals surface area (Å²) in [6.07, 6.45) is 0. The molecule has 0 saturated heterocycles. The summed E-state index contributed by atoms with van der Waals surface area (Å²) in [7, 11) is -3.94. The highest BCUT2D eigenvalue weighted by Crippen LogP contribution is 2.25. The molecule has 0 saturated carbocycles. The van der Waals surface area contributed by atoms with E-state index in [1.807, 2.05) is 39.8 Å². The molecule has 3 rings (SSSR count). The molecule has 2 amide bonds. The molecular formula is C27H31N3O4S. The molecule has 184 valence electrons. The van der Waals surface area contributed by atoms with Crippen LogP contribution in [0.25, 0.3) is 0 Å². The average Bonchev–Trinajstić information content (AvgIpc) is 2.82. The topological polar surface area (TPSA) is 95.6 Å². The zero-order valence-electron chi connectivity index (χ0n) is 20.7. The molecule has 3 aromatic carbocycles. The molecule has 0 fully saturated rings. The normalized spacial score (nSPS) is 11.1. The number of carbonyl (C=O) groups excluding carboxylic acids is 2. The van der Waals surface area contributed by atoms with Gasteiger partial charge in [0.25, 0.3) is 21.8 Å². The highest BCUT2D eigenvalue weighted by molar-refractivity contribution is 7.92. The maximum atomic E-state index is 13.2. The number of nitrogens with zero attached hydrogens (tertiary/aromatic N) is 1. The Morgan fingerprint density at radius 1 is 0.829 bits per heavy atom. The summed E-state index contributed by atoms with van der Waals surface area (Å²) in [4.78, 5) is 27.7. The van der Waals surface area contributed by atoms with Crippen molar-refractivity contribution in [1.29, 1.82) is 0 Å². The van der Waals surface area contributed by atoms with Gasteiger partial charge >= 0.3 is 0 Å². The van der Waals surface area contributed by atoms with Crippen LogP contribution in [0.2, 0.25) is 0 Å². The van der Waals surface area contributed by atoms with Gasteiger partial charge in [0.15, 0.2) is 0 Å². The Labute approximate surface area is 207 Å². The van der Waals surface area contributed by atoms with E-state index in [1.165, 1.54) is 6.07 Å². The van der Waals surface area contributed by atoms with Crippen molar-refractivity contribution in [3.8, 4) is 0 Å². The Morgan fingerprint density at radius 3 is 2.17 bits per heavy atom. The lowest BCUT2D eigenvalue weighted by atomic mass is 10.1. The fraction of sp³-hybridized carbons (Fsp3) is 0.259. The Morgan fingerprint density at radius 2 is 1.49 bits per heavy atom. The Kier molecular flexibility index (Phi) is 7.96. The standard InChI is InChI=1S/C27H31N3O4S/c1-6-30(7-2)27(32)22-10-8-9-11-23(22)28-26(31)21-15-14-20(5)25(17-21)35(33,34)29-24-16-18(3)12-13-19(24)4/h8-17,29H,6-7H2,1-5H3,(H,28,31). The Balaban J connectivity index is 1.91. The highest BCUT2D eigenvalue weighted by atomic mass is 32.2. The van der Waals surface area contributed by atoms with E-state index in [1.54, 1.807) is 54.3 Å². The second kappa shape index (κ2) is 10.7. The molecule has 35 heavy (non-hydrogen) atoms. The zero-order chi connectivity index (χ0) is 25.8. The predicted octanol–water partition coefficient (Wildman–Crippen LogP) is 5.15. The number of aryl methyl sites for hydroxylation is 3. The van der Waals surface area contributed by atoms with Gasteiger partial charge in [-0.2, -0.15) is 0 Å². The maximum absolute atomic E-state index is 13.2. The van der Waals surface area contributed by atoms with Gasteiger partial charge in [-0.25, -0.2) is 8.42 Å². The molecule has 0 unspecified atom stereocenters. The molecule has 0 spiro atoms. The van der Waals surface area contributed by atoms with E-state index >= 15 is 0 Å². The van der Waals surface area contributed by atoms with Gasteiger partial charge in [0.05, 0.1) is 21.8 Å². The summed E-state index contributed by atoms with van der Waals surface area (Å²) >= 11 is 0. The van der Waals surface area contributed by atoms with Gasteiger partial charge < -0.3 is 10.2 Å². The first-order chi connectivity index (χ1) is 16.6. The predicted molar refractivity (Wildman–Crippen MR) is 140 cm³/mol. The Hall–Kier alpha value is -3.65. The first kappa shape index (κ1) is 26.0. The third kappa shape index (κ3) is 5.89. The number of para-hydroxylation sites is 1. The largest absolute Gasteiger partial charge is 0.339 e. The molecule has 0 bridgehead atoms. The maximum Gasteiger partial charge on any atom is 0.262 e. The van der Waals surface area contributed by atoms with Crippen LogP contribution in [0.4, 0.5) is 11.4 Å². The number of carbonyl (C=O) groups is 2. The van der Waals surface area contributed by atoms with Crippen LogP contribution in [0.15, 0.2) is 65.6 Å². The SMILES string of the molecule is CCN(CC)C(=O)c1ccccc1NC(=O)c1ccc(C)c(S(=O)(=O)Nc2cc(C)ccc2C)c1. The molecule has 8 heteroatoms. The molecule has 0 heterocycles. The first-order valence-corrected chi connectivity index (χ1v) is 13.0. The van der Waals surface area contributed by atoms with Crippen LogP contribution in [0.1, 0.15) is 51.3 Å². The summed E-state index contributed by atoms with van der Waals surface area (Å²) in [5.41, 5.74) is 3.63. The number of amides is 2. The van der Waals surface area contributed by atoms with E-state index in [0.717, 1.165) is 11.1 Å². The smallest absolute Gasteiger partial charge is 0.262 e. The van der Waals surface area contributed by atoms with Crippen LogP contribution < -0.4 is 10.0 Å². The van der Waals surface area contributed by atoms with Crippen molar-refractivity contribution >= 4 is 33.2 Å². The van der Waals surface area contributed by atoms with Crippen molar-refractivity contribution in [3.63, 3.8) is 0 Å². The van der Waals surface area contributed by atoms with Crippen LogP contribution in [0.3, 0.4) is 0 Å². The lowest BCUT2D eigenvalue weighted by Gasteiger charge is -2.20. The molecule has 2 N–H and O–H groups in total. The van der Waals surface area contributed by atoms with Crippen molar-refractivity contribution in [3.05, 3.63) is 88.5 Å². The van der Waals surface area contributed by atoms with Crippen LogP contribution >= 0.6 is 0 Å². The van der Waals surface area contributed by atoms with Gasteiger partial charge in [-0.3, -0.25) is 14.3 Å². The van der Waals surface area contributed by atoms with Crippen molar-refractivity contribution < 1.29 is 18.0 Å². The van der Waals surface area contributed by atoms with Crippen molar-refractivity contribution in [1.82, 2.24) is 4.90 Å². The fourth-order valence-electron chi connectivity index (χ4n) is 3.73. The summed E-state index contributed by atoms with van der Waals surface area (Å²) < 4.78 is 29.1.